The molecule has 0 radical (unpaired) electrons. The van der Waals surface area contributed by atoms with E-state index in [4.69, 9.17) is 4.98 Å². The zero-order chi connectivity index (χ0) is 18.4. The number of imidazole rings is 1. The summed E-state index contributed by atoms with van der Waals surface area (Å²) >= 11 is 0. The molecule has 0 aliphatic heterocycles. The summed E-state index contributed by atoms with van der Waals surface area (Å²) < 4.78 is 2.15. The number of aromatic nitrogens is 2. The molecule has 2 atom stereocenters. The van der Waals surface area contributed by atoms with Crippen molar-refractivity contribution in [3.05, 3.63) is 41.0 Å². The predicted molar refractivity (Wildman–Crippen MR) is 106 cm³/mol. The molecule has 2 N–H and O–H groups in total. The molecule has 0 unspecified atom stereocenters. The highest BCUT2D eigenvalue weighted by Gasteiger charge is 2.30. The first-order chi connectivity index (χ1) is 13.3. The molecule has 5 heteroatoms. The summed E-state index contributed by atoms with van der Waals surface area (Å²) in [6, 6.07) is 10.8. The van der Waals surface area contributed by atoms with Gasteiger partial charge in [0.2, 0.25) is 0 Å². The molecule has 2 aliphatic rings. The number of nitrogens with zero attached hydrogens (tertiary/aromatic N) is 3. The minimum absolute atomic E-state index is 0.226. The smallest absolute Gasteiger partial charge is 0.157 e. The number of hydrogen-bond donors (Lipinski definition) is 2. The van der Waals surface area contributed by atoms with Gasteiger partial charge in [0.1, 0.15) is 11.9 Å². The quantitative estimate of drug-likeness (QED) is 0.745. The van der Waals surface area contributed by atoms with Crippen LogP contribution in [0.15, 0.2) is 24.3 Å². The van der Waals surface area contributed by atoms with Crippen LogP contribution in [0.5, 0.6) is 0 Å². The van der Waals surface area contributed by atoms with Crippen LogP contribution in [0.2, 0.25) is 0 Å². The van der Waals surface area contributed by atoms with Crippen LogP contribution >= 0.6 is 0 Å². The zero-order valence-corrected chi connectivity index (χ0v) is 15.4. The summed E-state index contributed by atoms with van der Waals surface area (Å²) in [7, 11) is 0. The molecule has 0 saturated heterocycles. The van der Waals surface area contributed by atoms with E-state index < -0.39 is 0 Å². The number of aliphatic hydroxyl groups excluding tert-OH is 1. The van der Waals surface area contributed by atoms with Crippen LogP contribution < -0.4 is 5.32 Å². The number of rotatable bonds is 3. The SMILES string of the molecule is N#Cc1c2c(c(N[C@@H]3CCCC[C@H]3CO)n3c1nc1ccccc13)CCC2. The van der Waals surface area contributed by atoms with Crippen molar-refractivity contribution < 1.29 is 5.11 Å². The van der Waals surface area contributed by atoms with Crippen molar-refractivity contribution in [3.8, 4) is 6.07 Å². The number of anilines is 1. The number of pyridine rings is 1. The van der Waals surface area contributed by atoms with Gasteiger partial charge in [-0.2, -0.15) is 5.26 Å². The predicted octanol–water partition coefficient (Wildman–Crippen LogP) is 3.81. The van der Waals surface area contributed by atoms with E-state index in [1.54, 1.807) is 0 Å². The molecule has 5 rings (SSSR count). The van der Waals surface area contributed by atoms with Crippen LogP contribution in [0.1, 0.15) is 48.8 Å². The third-order valence-corrected chi connectivity index (χ3v) is 6.39. The van der Waals surface area contributed by atoms with E-state index in [-0.39, 0.29) is 18.6 Å². The highest BCUT2D eigenvalue weighted by Crippen LogP contribution is 2.38. The lowest BCUT2D eigenvalue weighted by molar-refractivity contribution is 0.178. The van der Waals surface area contributed by atoms with Crippen molar-refractivity contribution in [2.24, 2.45) is 5.92 Å². The molecule has 0 spiro atoms. The van der Waals surface area contributed by atoms with Crippen molar-refractivity contribution >= 4 is 22.5 Å². The lowest BCUT2D eigenvalue weighted by Gasteiger charge is -2.32. The zero-order valence-electron chi connectivity index (χ0n) is 15.4. The third kappa shape index (κ3) is 2.51. The first-order valence-corrected chi connectivity index (χ1v) is 10.0. The molecule has 27 heavy (non-hydrogen) atoms. The maximum Gasteiger partial charge on any atom is 0.157 e. The average molecular weight is 360 g/mol. The van der Waals surface area contributed by atoms with Gasteiger partial charge in [0.05, 0.1) is 16.6 Å². The van der Waals surface area contributed by atoms with Gasteiger partial charge in [-0.3, -0.25) is 4.40 Å². The standard InChI is InChI=1S/C22H24N4O/c23-12-17-15-7-5-8-16(15)21(24-18-9-2-1-6-14(18)13-27)26-20-11-4-3-10-19(20)25-22(17)26/h3-4,10-11,14,18,24,27H,1-2,5-9,13H2/t14-,18+/m0/s1. The Hall–Kier alpha value is -2.58. The number of benzene rings is 1. The van der Waals surface area contributed by atoms with E-state index in [2.05, 4.69) is 21.9 Å². The molecule has 1 fully saturated rings. The Balaban J connectivity index is 1.76. The number of nitrogens with one attached hydrogen (secondary N) is 1. The fourth-order valence-corrected chi connectivity index (χ4v) is 5.03. The maximum atomic E-state index is 9.86. The normalized spacial score (nSPS) is 22.1. The minimum atomic E-state index is 0.226. The van der Waals surface area contributed by atoms with Gasteiger partial charge in [-0.1, -0.05) is 25.0 Å². The van der Waals surface area contributed by atoms with Gasteiger partial charge in [0, 0.05) is 18.6 Å². The summed E-state index contributed by atoms with van der Waals surface area (Å²) in [5.41, 5.74) is 5.88. The van der Waals surface area contributed by atoms with Crippen LogP contribution in [-0.2, 0) is 12.8 Å². The van der Waals surface area contributed by atoms with Crippen LogP contribution in [0.4, 0.5) is 5.82 Å². The minimum Gasteiger partial charge on any atom is -0.396 e. The van der Waals surface area contributed by atoms with Crippen molar-refractivity contribution in [1.29, 1.82) is 5.26 Å². The van der Waals surface area contributed by atoms with Gasteiger partial charge < -0.3 is 10.4 Å². The molecular weight excluding hydrogens is 336 g/mol. The van der Waals surface area contributed by atoms with Crippen molar-refractivity contribution in [3.63, 3.8) is 0 Å². The summed E-state index contributed by atoms with van der Waals surface area (Å²) in [4.78, 5) is 4.81. The van der Waals surface area contributed by atoms with Gasteiger partial charge in [0.25, 0.3) is 0 Å². The van der Waals surface area contributed by atoms with E-state index >= 15 is 0 Å². The monoisotopic (exact) mass is 360 g/mol. The van der Waals surface area contributed by atoms with Crippen LogP contribution in [0.25, 0.3) is 16.7 Å². The van der Waals surface area contributed by atoms with Crippen molar-refractivity contribution in [1.82, 2.24) is 9.38 Å². The Kier molecular flexibility index (Phi) is 4.02. The molecule has 1 aromatic carbocycles. The first kappa shape index (κ1) is 16.6. The largest absolute Gasteiger partial charge is 0.396 e. The van der Waals surface area contributed by atoms with Crippen molar-refractivity contribution in [2.75, 3.05) is 11.9 Å². The van der Waals surface area contributed by atoms with E-state index in [9.17, 15) is 10.4 Å². The summed E-state index contributed by atoms with van der Waals surface area (Å²) in [6.07, 6.45) is 7.55. The number of nitriles is 1. The number of fused-ring (bicyclic) bond motifs is 4. The van der Waals surface area contributed by atoms with Gasteiger partial charge in [-0.05, 0) is 55.4 Å². The molecule has 2 aromatic heterocycles. The van der Waals surface area contributed by atoms with E-state index in [1.807, 2.05) is 18.2 Å². The number of aliphatic hydroxyl groups is 1. The molecule has 5 nitrogen and oxygen atoms in total. The number of hydrogen-bond acceptors (Lipinski definition) is 4. The molecule has 1 saturated carbocycles. The van der Waals surface area contributed by atoms with Crippen LogP contribution in [0.3, 0.4) is 0 Å². The molecule has 2 heterocycles. The van der Waals surface area contributed by atoms with Gasteiger partial charge in [-0.15, -0.1) is 0 Å². The van der Waals surface area contributed by atoms with Gasteiger partial charge in [-0.25, -0.2) is 4.98 Å². The van der Waals surface area contributed by atoms with E-state index in [0.717, 1.165) is 60.2 Å². The third-order valence-electron chi connectivity index (χ3n) is 6.39. The molecule has 3 aromatic rings. The molecule has 138 valence electrons. The Labute approximate surface area is 158 Å². The Bertz CT molecular complexity index is 1060. The second-order valence-electron chi connectivity index (χ2n) is 7.88. The van der Waals surface area contributed by atoms with Gasteiger partial charge in [0.15, 0.2) is 5.65 Å². The Morgan fingerprint density at radius 2 is 1.96 bits per heavy atom. The maximum absolute atomic E-state index is 9.86. The summed E-state index contributed by atoms with van der Waals surface area (Å²) in [5.74, 6) is 1.38. The highest BCUT2D eigenvalue weighted by atomic mass is 16.3. The van der Waals surface area contributed by atoms with E-state index in [0.29, 0.717) is 0 Å². The Morgan fingerprint density at radius 3 is 2.81 bits per heavy atom. The first-order valence-electron chi connectivity index (χ1n) is 10.0. The second-order valence-corrected chi connectivity index (χ2v) is 7.88. The highest BCUT2D eigenvalue weighted by molar-refractivity contribution is 5.86. The van der Waals surface area contributed by atoms with Crippen molar-refractivity contribution in [2.45, 2.75) is 51.0 Å². The molecular formula is C22H24N4O. The number of para-hydroxylation sites is 2. The lowest BCUT2D eigenvalue weighted by atomic mass is 9.85. The molecule has 0 amide bonds. The Morgan fingerprint density at radius 1 is 1.15 bits per heavy atom. The fraction of sp³-hybridized carbons (Fsp3) is 0.455. The molecule has 0 bridgehead atoms. The lowest BCUT2D eigenvalue weighted by Crippen LogP contribution is -2.35. The van der Waals surface area contributed by atoms with Gasteiger partial charge >= 0.3 is 0 Å². The second kappa shape index (κ2) is 6.54. The van der Waals surface area contributed by atoms with Crippen LogP contribution in [-0.4, -0.2) is 27.1 Å². The van der Waals surface area contributed by atoms with E-state index in [1.165, 1.54) is 24.0 Å². The average Bonchev–Trinajstić information content (AvgIpc) is 3.33. The molecule has 2 aliphatic carbocycles. The summed E-state index contributed by atoms with van der Waals surface area (Å²) in [6.45, 7) is 0.226. The topological polar surface area (TPSA) is 73.3 Å². The summed E-state index contributed by atoms with van der Waals surface area (Å²) in [5, 5.41) is 23.5. The fourth-order valence-electron chi connectivity index (χ4n) is 5.03. The van der Waals surface area contributed by atoms with Crippen LogP contribution in [0, 0.1) is 17.2 Å².